The summed E-state index contributed by atoms with van der Waals surface area (Å²) in [4.78, 5) is 4.07. The van der Waals surface area contributed by atoms with Gasteiger partial charge in [0.05, 0.1) is 0 Å². The lowest BCUT2D eigenvalue weighted by molar-refractivity contribution is 1.32. The van der Waals surface area contributed by atoms with Gasteiger partial charge in [0.1, 0.15) is 9.60 Å². The third-order valence-corrected chi connectivity index (χ3v) is 3.15. The average Bonchev–Trinajstić information content (AvgIpc) is 2.10. The smallest absolute Gasteiger partial charge is 0.162 e. The zero-order chi connectivity index (χ0) is 6.85. The Morgan fingerprint density at radius 3 is 2.44 bits per heavy atom. The summed E-state index contributed by atoms with van der Waals surface area (Å²) in [6.07, 6.45) is 0. The Morgan fingerprint density at radius 1 is 1.56 bits per heavy atom. The molecule has 0 spiro atoms. The second kappa shape index (κ2) is 2.98. The summed E-state index contributed by atoms with van der Waals surface area (Å²) in [5.74, 6) is 0. The molecule has 0 bridgehead atoms. The van der Waals surface area contributed by atoms with Gasteiger partial charge in [-0.05, 0) is 31.9 Å². The summed E-state index contributed by atoms with van der Waals surface area (Å²) in [6.45, 7) is 0. The van der Waals surface area contributed by atoms with Crippen LogP contribution in [0.5, 0.6) is 0 Å². The van der Waals surface area contributed by atoms with Gasteiger partial charge in [0.15, 0.2) is 3.92 Å². The Labute approximate surface area is 73.9 Å². The molecule has 0 radical (unpaired) electrons. The fraction of sp³-hybridized carbons (Fsp3) is 0.250. The van der Waals surface area contributed by atoms with E-state index in [1.165, 1.54) is 0 Å². The third kappa shape index (κ3) is 1.65. The van der Waals surface area contributed by atoms with Gasteiger partial charge in [-0.3, -0.25) is 0 Å². The third-order valence-electron chi connectivity index (χ3n) is 0.787. The van der Waals surface area contributed by atoms with Gasteiger partial charge in [-0.2, -0.15) is 0 Å². The Morgan fingerprint density at radius 2 is 2.22 bits per heavy atom. The van der Waals surface area contributed by atoms with E-state index in [1.807, 2.05) is 7.05 Å². The van der Waals surface area contributed by atoms with Crippen LogP contribution in [0.1, 0.15) is 0 Å². The lowest BCUT2D eigenvalue weighted by atomic mass is 10.8. The van der Waals surface area contributed by atoms with Crippen LogP contribution in [0.25, 0.3) is 0 Å². The maximum Gasteiger partial charge on any atom is 0.162 e. The van der Waals surface area contributed by atoms with Crippen LogP contribution in [-0.2, 0) is 0 Å². The predicted molar refractivity (Wildman–Crippen MR) is 47.1 cm³/mol. The summed E-state index contributed by atoms with van der Waals surface area (Å²) in [7, 11) is 1.87. The zero-order valence-electron chi connectivity index (χ0n) is 4.61. The molecule has 1 aromatic heterocycles. The molecule has 0 aliphatic heterocycles. The van der Waals surface area contributed by atoms with Crippen molar-refractivity contribution >= 4 is 48.2 Å². The number of aromatic nitrogens is 1. The van der Waals surface area contributed by atoms with Crippen molar-refractivity contribution in [3.05, 3.63) is 8.52 Å². The molecule has 2 nitrogen and oxygen atoms in total. The molecule has 0 unspecified atom stereocenters. The number of thiazole rings is 1. The fourth-order valence-electron chi connectivity index (χ4n) is 0.431. The molecular formula is C4H4Br2N2S. The van der Waals surface area contributed by atoms with Crippen molar-refractivity contribution in [2.24, 2.45) is 0 Å². The van der Waals surface area contributed by atoms with E-state index in [1.54, 1.807) is 11.3 Å². The van der Waals surface area contributed by atoms with E-state index in [0.717, 1.165) is 13.5 Å². The lowest BCUT2D eigenvalue weighted by Gasteiger charge is -1.89. The van der Waals surface area contributed by atoms with E-state index in [9.17, 15) is 0 Å². The number of halogens is 2. The van der Waals surface area contributed by atoms with Crippen molar-refractivity contribution < 1.29 is 0 Å². The van der Waals surface area contributed by atoms with Crippen LogP contribution in [0.4, 0.5) is 5.00 Å². The number of nitrogens with zero attached hydrogens (tertiary/aromatic N) is 1. The first kappa shape index (κ1) is 7.50. The van der Waals surface area contributed by atoms with Crippen LogP contribution in [0.2, 0.25) is 0 Å². The molecule has 0 fully saturated rings. The van der Waals surface area contributed by atoms with Gasteiger partial charge in [0, 0.05) is 7.05 Å². The topological polar surface area (TPSA) is 24.9 Å². The Kier molecular flexibility index (Phi) is 2.49. The number of hydrogen-bond donors (Lipinski definition) is 1. The first-order valence-corrected chi connectivity index (χ1v) is 4.64. The van der Waals surface area contributed by atoms with Gasteiger partial charge in [-0.1, -0.05) is 11.3 Å². The molecule has 0 saturated heterocycles. The Hall–Kier alpha value is 0.390. The molecule has 9 heavy (non-hydrogen) atoms. The molecule has 50 valence electrons. The standard InChI is InChI=1S/C4H4Br2N2S/c1-7-3-2(5)8-4(6)9-3/h7H,1H3. The molecule has 1 N–H and O–H groups in total. The van der Waals surface area contributed by atoms with Crippen molar-refractivity contribution in [3.8, 4) is 0 Å². The summed E-state index contributed by atoms with van der Waals surface area (Å²) in [6, 6.07) is 0. The van der Waals surface area contributed by atoms with Gasteiger partial charge in [-0.15, -0.1) is 0 Å². The quantitative estimate of drug-likeness (QED) is 0.850. The molecule has 0 amide bonds. The second-order valence-corrected chi connectivity index (χ2v) is 4.36. The van der Waals surface area contributed by atoms with Crippen molar-refractivity contribution in [1.29, 1.82) is 0 Å². The van der Waals surface area contributed by atoms with Crippen LogP contribution in [0, 0.1) is 0 Å². The van der Waals surface area contributed by atoms with Gasteiger partial charge < -0.3 is 5.32 Å². The van der Waals surface area contributed by atoms with E-state index in [0.29, 0.717) is 0 Å². The molecule has 1 heterocycles. The number of rotatable bonds is 1. The van der Waals surface area contributed by atoms with Crippen LogP contribution in [-0.4, -0.2) is 12.0 Å². The molecule has 5 heteroatoms. The molecule has 0 aromatic carbocycles. The molecule has 0 saturated carbocycles. The minimum absolute atomic E-state index is 0.863. The van der Waals surface area contributed by atoms with Crippen LogP contribution in [0.15, 0.2) is 8.52 Å². The van der Waals surface area contributed by atoms with Gasteiger partial charge in [-0.25, -0.2) is 4.98 Å². The number of nitrogens with one attached hydrogen (secondary N) is 1. The maximum absolute atomic E-state index is 4.07. The molecule has 1 aromatic rings. The summed E-state index contributed by atoms with van der Waals surface area (Å²) >= 11 is 8.11. The summed E-state index contributed by atoms with van der Waals surface area (Å²) < 4.78 is 1.75. The SMILES string of the molecule is CNc1sc(Br)nc1Br. The van der Waals surface area contributed by atoms with Crippen LogP contribution in [0.3, 0.4) is 0 Å². The normalized spacial score (nSPS) is 9.67. The van der Waals surface area contributed by atoms with Crippen LogP contribution >= 0.6 is 43.2 Å². The molecule has 0 aliphatic carbocycles. The molecule has 0 atom stereocenters. The highest BCUT2D eigenvalue weighted by Crippen LogP contribution is 2.31. The first-order chi connectivity index (χ1) is 4.24. The van der Waals surface area contributed by atoms with E-state index < -0.39 is 0 Å². The van der Waals surface area contributed by atoms with Crippen LogP contribution < -0.4 is 5.32 Å². The van der Waals surface area contributed by atoms with E-state index in [-0.39, 0.29) is 0 Å². The maximum atomic E-state index is 4.07. The Bertz CT molecular complexity index is 210. The van der Waals surface area contributed by atoms with Crippen molar-refractivity contribution in [2.45, 2.75) is 0 Å². The summed E-state index contributed by atoms with van der Waals surface area (Å²) in [5, 5.41) is 4.04. The highest BCUT2D eigenvalue weighted by Gasteiger charge is 2.02. The van der Waals surface area contributed by atoms with Crippen molar-refractivity contribution in [1.82, 2.24) is 4.98 Å². The van der Waals surface area contributed by atoms with E-state index >= 15 is 0 Å². The van der Waals surface area contributed by atoms with Gasteiger partial charge >= 0.3 is 0 Å². The second-order valence-electron chi connectivity index (χ2n) is 1.34. The van der Waals surface area contributed by atoms with Crippen molar-refractivity contribution in [3.63, 3.8) is 0 Å². The minimum Gasteiger partial charge on any atom is -0.378 e. The first-order valence-electron chi connectivity index (χ1n) is 2.23. The fourth-order valence-corrected chi connectivity index (χ4v) is 2.61. The largest absolute Gasteiger partial charge is 0.378 e. The van der Waals surface area contributed by atoms with Gasteiger partial charge in [0.25, 0.3) is 0 Å². The van der Waals surface area contributed by atoms with E-state index in [2.05, 4.69) is 42.2 Å². The number of anilines is 1. The predicted octanol–water partition coefficient (Wildman–Crippen LogP) is 2.71. The van der Waals surface area contributed by atoms with Gasteiger partial charge in [0.2, 0.25) is 0 Å². The molecular weight excluding hydrogens is 268 g/mol. The zero-order valence-corrected chi connectivity index (χ0v) is 8.60. The molecule has 1 rings (SSSR count). The number of hydrogen-bond acceptors (Lipinski definition) is 3. The minimum atomic E-state index is 0.863. The molecule has 0 aliphatic rings. The Balaban J connectivity index is 3.01. The van der Waals surface area contributed by atoms with E-state index in [4.69, 9.17) is 0 Å². The average molecular weight is 272 g/mol. The lowest BCUT2D eigenvalue weighted by Crippen LogP contribution is -1.82. The highest BCUT2D eigenvalue weighted by molar-refractivity contribution is 9.11. The summed E-state index contributed by atoms with van der Waals surface area (Å²) in [5.41, 5.74) is 0. The highest BCUT2D eigenvalue weighted by atomic mass is 79.9. The van der Waals surface area contributed by atoms with Crippen molar-refractivity contribution in [2.75, 3.05) is 12.4 Å². The monoisotopic (exact) mass is 270 g/mol.